The monoisotopic (exact) mass is 642 g/mol. The van der Waals surface area contributed by atoms with Crippen LogP contribution in [0.3, 0.4) is 0 Å². The van der Waals surface area contributed by atoms with Gasteiger partial charge in [-0.25, -0.2) is 4.98 Å². The lowest BCUT2D eigenvalue weighted by atomic mass is 9.85. The van der Waals surface area contributed by atoms with Gasteiger partial charge in [0.2, 0.25) is 17.7 Å². The number of carbonyl (C=O) groups excluding carboxylic acids is 3. The fourth-order valence-electron chi connectivity index (χ4n) is 5.88. The summed E-state index contributed by atoms with van der Waals surface area (Å²) in [4.78, 5) is 47.1. The Hall–Kier alpha value is -2.82. The van der Waals surface area contributed by atoms with E-state index in [1.54, 1.807) is 11.3 Å². The molecule has 0 bridgehead atoms. The van der Waals surface area contributed by atoms with Gasteiger partial charge in [-0.2, -0.15) is 0 Å². The first-order valence-electron chi connectivity index (χ1n) is 16.6. The van der Waals surface area contributed by atoms with Crippen molar-refractivity contribution in [2.75, 3.05) is 13.2 Å². The highest BCUT2D eigenvalue weighted by Crippen LogP contribution is 2.29. The topological polar surface area (TPSA) is 132 Å². The summed E-state index contributed by atoms with van der Waals surface area (Å²) in [5.74, 6) is -0.827. The zero-order valence-electron chi connectivity index (χ0n) is 27.8. The molecule has 1 saturated heterocycles. The number of aliphatic hydroxyl groups is 2. The van der Waals surface area contributed by atoms with E-state index in [4.69, 9.17) is 5.11 Å². The second kappa shape index (κ2) is 17.8. The number of aromatic nitrogens is 1. The third kappa shape index (κ3) is 11.2. The predicted octanol–water partition coefficient (Wildman–Crippen LogP) is 5.68. The molecule has 45 heavy (non-hydrogen) atoms. The molecule has 3 rings (SSSR count). The first-order chi connectivity index (χ1) is 21.4. The third-order valence-corrected chi connectivity index (χ3v) is 9.60. The fraction of sp³-hybridized carbons (Fsp3) is 0.657. The van der Waals surface area contributed by atoms with E-state index in [-0.39, 0.29) is 43.3 Å². The van der Waals surface area contributed by atoms with Crippen LogP contribution in [0.1, 0.15) is 116 Å². The van der Waals surface area contributed by atoms with Crippen molar-refractivity contribution in [3.63, 3.8) is 0 Å². The van der Waals surface area contributed by atoms with Crippen LogP contribution in [-0.4, -0.2) is 69.2 Å². The lowest BCUT2D eigenvalue weighted by Crippen LogP contribution is -2.57. The minimum absolute atomic E-state index is 0.0522. The number of likely N-dealkylation sites (tertiary alicyclic amines) is 1. The normalized spacial score (nSPS) is 18.1. The van der Waals surface area contributed by atoms with Crippen LogP contribution in [0.5, 0.6) is 0 Å². The number of nitrogens with zero attached hydrogens (tertiary/aromatic N) is 2. The number of amides is 3. The second-order valence-corrected chi connectivity index (χ2v) is 14.4. The summed E-state index contributed by atoms with van der Waals surface area (Å²) in [5.41, 5.74) is 4.24. The van der Waals surface area contributed by atoms with Crippen molar-refractivity contribution in [2.45, 2.75) is 129 Å². The maximum absolute atomic E-state index is 13.9. The van der Waals surface area contributed by atoms with Crippen molar-refractivity contribution in [2.24, 2.45) is 5.41 Å². The summed E-state index contributed by atoms with van der Waals surface area (Å²) < 4.78 is 0. The number of aliphatic hydroxyl groups excluding tert-OH is 2. The van der Waals surface area contributed by atoms with E-state index in [0.717, 1.165) is 66.6 Å². The van der Waals surface area contributed by atoms with Crippen LogP contribution >= 0.6 is 11.3 Å². The average Bonchev–Trinajstić information content (AvgIpc) is 3.61. The van der Waals surface area contributed by atoms with Gasteiger partial charge in [-0.05, 0) is 43.2 Å². The molecule has 1 aliphatic rings. The Labute approximate surface area is 273 Å². The molecule has 2 unspecified atom stereocenters. The molecule has 1 aliphatic heterocycles. The molecule has 0 aliphatic carbocycles. The van der Waals surface area contributed by atoms with Crippen LogP contribution in [0.4, 0.5) is 0 Å². The van der Waals surface area contributed by atoms with E-state index in [0.29, 0.717) is 6.42 Å². The van der Waals surface area contributed by atoms with Gasteiger partial charge in [0.1, 0.15) is 12.1 Å². The molecule has 0 radical (unpaired) electrons. The van der Waals surface area contributed by atoms with Crippen LogP contribution in [0.15, 0.2) is 29.8 Å². The molecule has 4 atom stereocenters. The fourth-order valence-corrected chi connectivity index (χ4v) is 6.70. The van der Waals surface area contributed by atoms with E-state index in [1.807, 2.05) is 64.4 Å². The number of unbranched alkanes of at least 4 members (excludes halogenated alkanes) is 8. The van der Waals surface area contributed by atoms with E-state index < -0.39 is 23.6 Å². The van der Waals surface area contributed by atoms with Crippen LogP contribution in [0.25, 0.3) is 10.4 Å². The number of rotatable bonds is 17. The molecule has 2 aromatic rings. The van der Waals surface area contributed by atoms with Crippen molar-refractivity contribution in [1.29, 1.82) is 0 Å². The maximum Gasteiger partial charge on any atom is 0.246 e. The smallest absolute Gasteiger partial charge is 0.246 e. The lowest BCUT2D eigenvalue weighted by Gasteiger charge is -2.35. The highest BCUT2D eigenvalue weighted by atomic mass is 32.1. The van der Waals surface area contributed by atoms with Gasteiger partial charge in [0.15, 0.2) is 0 Å². The standard InChI is InChI=1S/C35H54N4O5S/c1-24(26-16-18-27(19-17-26)31-25(2)36-23-45-31)37-33(43)29-21-28(41)22-39(29)34(44)32(35(3,4)5)38-30(42)15-13-11-9-7-6-8-10-12-14-20-40/h16-19,23-24,28-29,32,40-41H,6-15,20-22H2,1-5H3,(H,37,43)(H,38,42)/t24?,28-,29+,32?/m1/s1. The highest BCUT2D eigenvalue weighted by molar-refractivity contribution is 7.13. The first kappa shape index (κ1) is 36.6. The Kier molecular flexibility index (Phi) is 14.5. The van der Waals surface area contributed by atoms with Crippen molar-refractivity contribution in [3.05, 3.63) is 41.0 Å². The zero-order valence-corrected chi connectivity index (χ0v) is 28.6. The van der Waals surface area contributed by atoms with E-state index in [1.165, 1.54) is 17.7 Å². The predicted molar refractivity (Wildman–Crippen MR) is 180 cm³/mol. The minimum atomic E-state index is -0.820. The minimum Gasteiger partial charge on any atom is -0.396 e. The highest BCUT2D eigenvalue weighted by Gasteiger charge is 2.44. The van der Waals surface area contributed by atoms with Crippen molar-refractivity contribution in [1.82, 2.24) is 20.5 Å². The maximum atomic E-state index is 13.9. The third-order valence-electron chi connectivity index (χ3n) is 8.62. The van der Waals surface area contributed by atoms with Crippen molar-refractivity contribution < 1.29 is 24.6 Å². The second-order valence-electron chi connectivity index (χ2n) is 13.5. The Morgan fingerprint density at radius 1 is 0.978 bits per heavy atom. The van der Waals surface area contributed by atoms with Gasteiger partial charge in [0.05, 0.1) is 28.2 Å². The van der Waals surface area contributed by atoms with E-state index in [2.05, 4.69) is 15.6 Å². The molecular formula is C35H54N4O5S. The summed E-state index contributed by atoms with van der Waals surface area (Å²) in [6.45, 7) is 9.90. The van der Waals surface area contributed by atoms with Crippen LogP contribution in [0.2, 0.25) is 0 Å². The molecule has 9 nitrogen and oxygen atoms in total. The largest absolute Gasteiger partial charge is 0.396 e. The Morgan fingerprint density at radius 3 is 2.13 bits per heavy atom. The number of nitrogens with one attached hydrogen (secondary N) is 2. The number of thiazole rings is 1. The van der Waals surface area contributed by atoms with E-state index >= 15 is 0 Å². The van der Waals surface area contributed by atoms with Crippen LogP contribution in [-0.2, 0) is 14.4 Å². The molecule has 1 fully saturated rings. The van der Waals surface area contributed by atoms with Gasteiger partial charge in [-0.3, -0.25) is 14.4 Å². The summed E-state index contributed by atoms with van der Waals surface area (Å²) in [6.07, 6.45) is 9.09. The Morgan fingerprint density at radius 2 is 1.58 bits per heavy atom. The lowest BCUT2D eigenvalue weighted by molar-refractivity contribution is -0.144. The molecule has 1 aromatic heterocycles. The van der Waals surface area contributed by atoms with Gasteiger partial charge >= 0.3 is 0 Å². The summed E-state index contributed by atoms with van der Waals surface area (Å²) >= 11 is 1.59. The molecule has 2 heterocycles. The molecule has 3 amide bonds. The Bertz CT molecular complexity index is 1230. The van der Waals surface area contributed by atoms with Crippen molar-refractivity contribution >= 4 is 29.1 Å². The number of carbonyl (C=O) groups is 3. The quantitative estimate of drug-likeness (QED) is 0.164. The Balaban J connectivity index is 1.53. The van der Waals surface area contributed by atoms with Gasteiger partial charge in [-0.15, -0.1) is 11.3 Å². The number of β-amino-alcohol motifs (C(OH)–C–C–N with tert-alkyl or cyclic N) is 1. The number of aryl methyl sites for hydroxylation is 1. The molecule has 10 heteroatoms. The number of hydrogen-bond donors (Lipinski definition) is 4. The first-order valence-corrected chi connectivity index (χ1v) is 17.5. The molecule has 0 spiro atoms. The zero-order chi connectivity index (χ0) is 33.0. The summed E-state index contributed by atoms with van der Waals surface area (Å²) in [5, 5.41) is 25.4. The van der Waals surface area contributed by atoms with Crippen molar-refractivity contribution in [3.8, 4) is 10.4 Å². The number of hydrogen-bond acceptors (Lipinski definition) is 7. The molecule has 4 N–H and O–H groups in total. The molecular weight excluding hydrogens is 588 g/mol. The average molecular weight is 643 g/mol. The van der Waals surface area contributed by atoms with Gasteiger partial charge in [0.25, 0.3) is 0 Å². The van der Waals surface area contributed by atoms with Gasteiger partial charge < -0.3 is 25.7 Å². The van der Waals surface area contributed by atoms with E-state index in [9.17, 15) is 19.5 Å². The molecule has 1 aromatic carbocycles. The van der Waals surface area contributed by atoms with Gasteiger partial charge in [0, 0.05) is 26.0 Å². The van der Waals surface area contributed by atoms with Crippen LogP contribution in [0, 0.1) is 12.3 Å². The van der Waals surface area contributed by atoms with Crippen LogP contribution < -0.4 is 10.6 Å². The molecule has 250 valence electrons. The summed E-state index contributed by atoms with van der Waals surface area (Å²) in [6, 6.07) is 6.08. The molecule has 0 saturated carbocycles. The van der Waals surface area contributed by atoms with Gasteiger partial charge in [-0.1, -0.05) is 90.0 Å². The summed E-state index contributed by atoms with van der Waals surface area (Å²) in [7, 11) is 0. The SMILES string of the molecule is Cc1ncsc1-c1ccc(C(C)NC(=O)[C@@H]2C[C@@H](O)CN2C(=O)C(NC(=O)CCCCCCCCCCCO)C(C)(C)C)cc1. The number of benzene rings is 1.